The van der Waals surface area contributed by atoms with E-state index in [0.29, 0.717) is 17.9 Å². The molecule has 0 bridgehead atoms. The lowest BCUT2D eigenvalue weighted by molar-refractivity contribution is -0.100. The molecule has 2 aromatic carbocycles. The summed E-state index contributed by atoms with van der Waals surface area (Å²) in [7, 11) is 3.16. The van der Waals surface area contributed by atoms with Gasteiger partial charge >= 0.3 is 0 Å². The molecular weight excluding hydrogens is 242 g/mol. The molecule has 0 radical (unpaired) electrons. The third-order valence-electron chi connectivity index (χ3n) is 2.93. The molecule has 0 atom stereocenters. The van der Waals surface area contributed by atoms with E-state index in [4.69, 9.17) is 9.57 Å². The topological polar surface area (TPSA) is 38.8 Å². The van der Waals surface area contributed by atoms with Gasteiger partial charge in [-0.15, -0.1) is 0 Å². The van der Waals surface area contributed by atoms with Crippen molar-refractivity contribution in [2.75, 3.05) is 20.8 Å². The van der Waals surface area contributed by atoms with Gasteiger partial charge in [-0.1, -0.05) is 30.3 Å². The lowest BCUT2D eigenvalue weighted by Crippen LogP contribution is -2.27. The minimum atomic E-state index is -0.212. The van der Waals surface area contributed by atoms with Crippen LogP contribution >= 0.6 is 0 Å². The number of carbonyl (C=O) groups excluding carboxylic acids is 1. The Labute approximate surface area is 112 Å². The van der Waals surface area contributed by atoms with E-state index in [1.54, 1.807) is 20.2 Å². The van der Waals surface area contributed by atoms with Crippen LogP contribution in [0.1, 0.15) is 17.3 Å². The van der Waals surface area contributed by atoms with E-state index in [1.807, 2.05) is 37.3 Å². The van der Waals surface area contributed by atoms with E-state index >= 15 is 0 Å². The van der Waals surface area contributed by atoms with Gasteiger partial charge in [0.25, 0.3) is 5.91 Å². The fourth-order valence-electron chi connectivity index (χ4n) is 2.05. The zero-order valence-corrected chi connectivity index (χ0v) is 11.3. The first kappa shape index (κ1) is 13.4. The molecule has 1 amide bonds. The first-order valence-corrected chi connectivity index (χ1v) is 6.15. The molecule has 0 N–H and O–H groups in total. The van der Waals surface area contributed by atoms with Crippen molar-refractivity contribution in [1.82, 2.24) is 5.06 Å². The maximum atomic E-state index is 12.4. The number of hydrogen-bond acceptors (Lipinski definition) is 3. The number of fused-ring (bicyclic) bond motifs is 1. The summed E-state index contributed by atoms with van der Waals surface area (Å²) >= 11 is 0. The Morgan fingerprint density at radius 2 is 1.95 bits per heavy atom. The van der Waals surface area contributed by atoms with Crippen molar-refractivity contribution in [3.8, 4) is 5.75 Å². The third kappa shape index (κ3) is 2.53. The molecule has 100 valence electrons. The summed E-state index contributed by atoms with van der Waals surface area (Å²) in [5.74, 6) is 0.339. The van der Waals surface area contributed by atoms with Crippen molar-refractivity contribution >= 4 is 16.7 Å². The average molecular weight is 259 g/mol. The van der Waals surface area contributed by atoms with Gasteiger partial charge in [0.15, 0.2) is 0 Å². The van der Waals surface area contributed by atoms with E-state index in [9.17, 15) is 4.79 Å². The summed E-state index contributed by atoms with van der Waals surface area (Å²) in [5.41, 5.74) is 0.525. The number of hydroxylamine groups is 2. The molecule has 0 unspecified atom stereocenters. The van der Waals surface area contributed by atoms with Gasteiger partial charge in [-0.25, -0.2) is 5.06 Å². The lowest BCUT2D eigenvalue weighted by atomic mass is 10.0. The van der Waals surface area contributed by atoms with Crippen LogP contribution in [0.5, 0.6) is 5.75 Å². The van der Waals surface area contributed by atoms with Crippen LogP contribution in [0.2, 0.25) is 0 Å². The van der Waals surface area contributed by atoms with Crippen molar-refractivity contribution < 1.29 is 14.4 Å². The molecule has 0 aliphatic heterocycles. The summed E-state index contributed by atoms with van der Waals surface area (Å²) in [6, 6.07) is 11.5. The van der Waals surface area contributed by atoms with Crippen LogP contribution in [0.4, 0.5) is 0 Å². The van der Waals surface area contributed by atoms with Crippen LogP contribution in [-0.4, -0.2) is 31.7 Å². The highest BCUT2D eigenvalue weighted by molar-refractivity contribution is 6.09. The maximum Gasteiger partial charge on any atom is 0.281 e. The zero-order valence-electron chi connectivity index (χ0n) is 11.3. The molecule has 2 rings (SSSR count). The van der Waals surface area contributed by atoms with Gasteiger partial charge in [-0.3, -0.25) is 9.63 Å². The van der Waals surface area contributed by atoms with Crippen LogP contribution in [0, 0.1) is 0 Å². The van der Waals surface area contributed by atoms with E-state index in [1.165, 1.54) is 5.06 Å². The van der Waals surface area contributed by atoms with Crippen molar-refractivity contribution in [2.24, 2.45) is 0 Å². The largest absolute Gasteiger partial charge is 0.496 e. The smallest absolute Gasteiger partial charge is 0.281 e. The molecule has 19 heavy (non-hydrogen) atoms. The SMILES string of the molecule is CCON(C)C(=O)c1c(OC)ccc2ccccc12. The normalized spacial score (nSPS) is 10.5. The summed E-state index contributed by atoms with van der Waals surface area (Å²) < 4.78 is 5.30. The number of nitrogens with zero attached hydrogens (tertiary/aromatic N) is 1. The van der Waals surface area contributed by atoms with Crippen molar-refractivity contribution in [1.29, 1.82) is 0 Å². The monoisotopic (exact) mass is 259 g/mol. The minimum Gasteiger partial charge on any atom is -0.496 e. The predicted molar refractivity (Wildman–Crippen MR) is 74.2 cm³/mol. The molecule has 0 aliphatic carbocycles. The van der Waals surface area contributed by atoms with Crippen molar-refractivity contribution in [3.05, 3.63) is 42.0 Å². The van der Waals surface area contributed by atoms with Crippen molar-refractivity contribution in [3.63, 3.8) is 0 Å². The molecule has 0 saturated heterocycles. The second kappa shape index (κ2) is 5.71. The summed E-state index contributed by atoms with van der Waals surface area (Å²) in [6.45, 7) is 2.28. The minimum absolute atomic E-state index is 0.212. The van der Waals surface area contributed by atoms with Crippen LogP contribution in [0.3, 0.4) is 0 Å². The Morgan fingerprint density at radius 3 is 2.63 bits per heavy atom. The molecule has 0 aliphatic rings. The summed E-state index contributed by atoms with van der Waals surface area (Å²) in [5, 5.41) is 3.10. The van der Waals surface area contributed by atoms with E-state index in [-0.39, 0.29) is 5.91 Å². The second-order valence-electron chi connectivity index (χ2n) is 4.08. The lowest BCUT2D eigenvalue weighted by Gasteiger charge is -2.18. The van der Waals surface area contributed by atoms with Crippen LogP contribution in [-0.2, 0) is 4.84 Å². The Morgan fingerprint density at radius 1 is 1.21 bits per heavy atom. The van der Waals surface area contributed by atoms with Gasteiger partial charge in [0.2, 0.25) is 0 Å². The number of hydrogen-bond donors (Lipinski definition) is 0. The Kier molecular flexibility index (Phi) is 4.02. The number of amides is 1. The Bertz CT molecular complexity index is 595. The van der Waals surface area contributed by atoms with Gasteiger partial charge in [0.1, 0.15) is 5.75 Å². The fourth-order valence-corrected chi connectivity index (χ4v) is 2.05. The number of benzene rings is 2. The van der Waals surface area contributed by atoms with E-state index in [0.717, 1.165) is 10.8 Å². The molecule has 0 aromatic heterocycles. The van der Waals surface area contributed by atoms with Crippen molar-refractivity contribution in [2.45, 2.75) is 6.92 Å². The standard InChI is InChI=1S/C15H17NO3/c1-4-19-16(2)15(17)14-12-8-6-5-7-11(12)9-10-13(14)18-3/h5-10H,4H2,1-3H3. The summed E-state index contributed by atoms with van der Waals surface area (Å²) in [6.07, 6.45) is 0. The molecule has 0 spiro atoms. The molecule has 4 heteroatoms. The molecular formula is C15H17NO3. The van der Waals surface area contributed by atoms with E-state index in [2.05, 4.69) is 0 Å². The third-order valence-corrected chi connectivity index (χ3v) is 2.93. The van der Waals surface area contributed by atoms with E-state index < -0.39 is 0 Å². The zero-order chi connectivity index (χ0) is 13.8. The van der Waals surface area contributed by atoms with Gasteiger partial charge in [-0.05, 0) is 23.8 Å². The quantitative estimate of drug-likeness (QED) is 0.792. The first-order chi connectivity index (χ1) is 9.19. The van der Waals surface area contributed by atoms with Gasteiger partial charge in [-0.2, -0.15) is 0 Å². The average Bonchev–Trinajstić information content (AvgIpc) is 2.45. The molecule has 0 saturated carbocycles. The molecule has 0 heterocycles. The maximum absolute atomic E-state index is 12.4. The first-order valence-electron chi connectivity index (χ1n) is 6.15. The summed E-state index contributed by atoms with van der Waals surface area (Å²) in [4.78, 5) is 17.7. The number of rotatable bonds is 4. The fraction of sp³-hybridized carbons (Fsp3) is 0.267. The van der Waals surface area contributed by atoms with Crippen LogP contribution in [0.25, 0.3) is 10.8 Å². The molecule has 4 nitrogen and oxygen atoms in total. The van der Waals surface area contributed by atoms with Crippen LogP contribution < -0.4 is 4.74 Å². The highest BCUT2D eigenvalue weighted by Crippen LogP contribution is 2.28. The van der Waals surface area contributed by atoms with Crippen LogP contribution in [0.15, 0.2) is 36.4 Å². The highest BCUT2D eigenvalue weighted by atomic mass is 16.7. The Balaban J connectivity index is 2.58. The predicted octanol–water partition coefficient (Wildman–Crippen LogP) is 2.87. The number of methoxy groups -OCH3 is 1. The molecule has 2 aromatic rings. The number of carbonyl (C=O) groups is 1. The highest BCUT2D eigenvalue weighted by Gasteiger charge is 2.20. The second-order valence-corrected chi connectivity index (χ2v) is 4.08. The Hall–Kier alpha value is -2.07. The molecule has 0 fully saturated rings. The van der Waals surface area contributed by atoms with Gasteiger partial charge in [0.05, 0.1) is 19.3 Å². The van der Waals surface area contributed by atoms with Gasteiger partial charge in [0, 0.05) is 7.05 Å². The van der Waals surface area contributed by atoms with Gasteiger partial charge < -0.3 is 4.74 Å². The number of ether oxygens (including phenoxy) is 1.